The summed E-state index contributed by atoms with van der Waals surface area (Å²) >= 11 is 0. The van der Waals surface area contributed by atoms with Gasteiger partial charge in [-0.25, -0.2) is 5.43 Å². The van der Waals surface area contributed by atoms with Crippen LogP contribution in [0.15, 0.2) is 59.8 Å². The first-order chi connectivity index (χ1) is 10.3. The number of nitrogens with one attached hydrogen (secondary N) is 2. The number of benzene rings is 2. The fourth-order valence-electron chi connectivity index (χ4n) is 2.25. The van der Waals surface area contributed by atoms with E-state index in [1.807, 2.05) is 55.6 Å². The van der Waals surface area contributed by atoms with E-state index < -0.39 is 0 Å². The van der Waals surface area contributed by atoms with Crippen molar-refractivity contribution >= 4 is 23.0 Å². The van der Waals surface area contributed by atoms with Gasteiger partial charge in [-0.1, -0.05) is 36.4 Å². The summed E-state index contributed by atoms with van der Waals surface area (Å²) in [6.45, 7) is 1.90. The summed E-state index contributed by atoms with van der Waals surface area (Å²) in [5.74, 6) is -0.204. The molecule has 3 aromatic rings. The second-order valence-electron chi connectivity index (χ2n) is 4.80. The molecule has 3 rings (SSSR count). The Morgan fingerprint density at radius 3 is 2.76 bits per heavy atom. The Balaban J connectivity index is 1.76. The lowest BCUT2D eigenvalue weighted by molar-refractivity contribution is 0.0954. The van der Waals surface area contributed by atoms with Crippen LogP contribution in [0.4, 0.5) is 0 Å². The van der Waals surface area contributed by atoms with E-state index in [0.717, 1.165) is 22.0 Å². The molecule has 4 nitrogen and oxygen atoms in total. The molecular weight excluding hydrogens is 262 g/mol. The number of aromatic amines is 1. The topological polar surface area (TPSA) is 57.2 Å². The predicted octanol–water partition coefficient (Wildman–Crippen LogP) is 3.24. The molecule has 0 bridgehead atoms. The molecule has 2 N–H and O–H groups in total. The summed E-state index contributed by atoms with van der Waals surface area (Å²) in [7, 11) is 0. The molecule has 0 spiro atoms. The molecule has 0 fully saturated rings. The fourth-order valence-corrected chi connectivity index (χ4v) is 2.25. The highest BCUT2D eigenvalue weighted by Gasteiger charge is 2.06. The van der Waals surface area contributed by atoms with Gasteiger partial charge in [-0.05, 0) is 24.6 Å². The number of carbonyl (C=O) groups is 1. The summed E-state index contributed by atoms with van der Waals surface area (Å²) in [5.41, 5.74) is 6.11. The average Bonchev–Trinajstić information content (AvgIpc) is 2.91. The summed E-state index contributed by atoms with van der Waals surface area (Å²) in [4.78, 5) is 15.2. The number of hydrogen-bond acceptors (Lipinski definition) is 2. The summed E-state index contributed by atoms with van der Waals surface area (Å²) in [5, 5.41) is 5.11. The normalized spacial score (nSPS) is 11.1. The third-order valence-electron chi connectivity index (χ3n) is 3.38. The number of rotatable bonds is 3. The minimum atomic E-state index is -0.204. The van der Waals surface area contributed by atoms with Gasteiger partial charge in [0.2, 0.25) is 0 Å². The molecule has 0 aliphatic heterocycles. The number of amides is 1. The number of aromatic nitrogens is 1. The van der Waals surface area contributed by atoms with E-state index in [0.29, 0.717) is 5.56 Å². The summed E-state index contributed by atoms with van der Waals surface area (Å²) < 4.78 is 0. The van der Waals surface area contributed by atoms with Crippen LogP contribution < -0.4 is 5.43 Å². The van der Waals surface area contributed by atoms with Crippen molar-refractivity contribution < 1.29 is 4.79 Å². The van der Waals surface area contributed by atoms with Gasteiger partial charge in [0, 0.05) is 28.2 Å². The van der Waals surface area contributed by atoms with Gasteiger partial charge < -0.3 is 4.98 Å². The van der Waals surface area contributed by atoms with E-state index >= 15 is 0 Å². The van der Waals surface area contributed by atoms with Crippen LogP contribution in [0, 0.1) is 6.92 Å². The van der Waals surface area contributed by atoms with Crippen molar-refractivity contribution in [1.82, 2.24) is 10.4 Å². The van der Waals surface area contributed by atoms with Gasteiger partial charge in [-0.15, -0.1) is 0 Å². The maximum atomic E-state index is 12.0. The molecule has 1 heterocycles. The molecular formula is C17H15N3O. The van der Waals surface area contributed by atoms with Crippen LogP contribution in [0.5, 0.6) is 0 Å². The number of fused-ring (bicyclic) bond motifs is 1. The molecule has 0 unspecified atom stereocenters. The largest absolute Gasteiger partial charge is 0.361 e. The highest BCUT2D eigenvalue weighted by molar-refractivity contribution is 6.00. The Bertz CT molecular complexity index is 818. The number of carbonyl (C=O) groups excluding carboxylic acids is 1. The highest BCUT2D eigenvalue weighted by Crippen LogP contribution is 2.15. The molecule has 0 saturated carbocycles. The van der Waals surface area contributed by atoms with Crippen molar-refractivity contribution in [2.45, 2.75) is 6.92 Å². The lowest BCUT2D eigenvalue weighted by atomic mass is 10.1. The molecule has 0 saturated heterocycles. The number of hydrazone groups is 1. The standard InChI is InChI=1S/C17H15N3O/c1-12-6-2-3-7-14(12)17(21)20-19-11-13-10-18-16-9-5-4-8-15(13)16/h2-11,18H,1H3,(H,20,21)/b19-11-. The van der Waals surface area contributed by atoms with Crippen molar-refractivity contribution in [2.24, 2.45) is 5.10 Å². The Morgan fingerprint density at radius 1 is 1.14 bits per heavy atom. The number of hydrogen-bond donors (Lipinski definition) is 2. The van der Waals surface area contributed by atoms with Gasteiger partial charge in [-0.2, -0.15) is 5.10 Å². The van der Waals surface area contributed by atoms with Crippen LogP contribution >= 0.6 is 0 Å². The first kappa shape index (κ1) is 13.1. The van der Waals surface area contributed by atoms with Crippen LogP contribution in [0.1, 0.15) is 21.5 Å². The minimum Gasteiger partial charge on any atom is -0.361 e. The number of nitrogens with zero attached hydrogens (tertiary/aromatic N) is 1. The van der Waals surface area contributed by atoms with Crippen LogP contribution in [0.2, 0.25) is 0 Å². The molecule has 104 valence electrons. The molecule has 2 aromatic carbocycles. The summed E-state index contributed by atoms with van der Waals surface area (Å²) in [6, 6.07) is 15.4. The quantitative estimate of drug-likeness (QED) is 0.560. The number of aryl methyl sites for hydroxylation is 1. The van der Waals surface area contributed by atoms with E-state index in [1.54, 1.807) is 12.3 Å². The van der Waals surface area contributed by atoms with Crippen molar-refractivity contribution in [2.75, 3.05) is 0 Å². The zero-order chi connectivity index (χ0) is 14.7. The fraction of sp³-hybridized carbons (Fsp3) is 0.0588. The molecule has 0 aliphatic rings. The van der Waals surface area contributed by atoms with Gasteiger partial charge >= 0.3 is 0 Å². The lowest BCUT2D eigenvalue weighted by Crippen LogP contribution is -2.18. The Hall–Kier alpha value is -2.88. The van der Waals surface area contributed by atoms with E-state index in [1.165, 1.54) is 0 Å². The molecule has 1 amide bonds. The molecule has 1 aromatic heterocycles. The number of H-pyrrole nitrogens is 1. The maximum Gasteiger partial charge on any atom is 0.271 e. The van der Waals surface area contributed by atoms with Gasteiger partial charge in [-0.3, -0.25) is 4.79 Å². The first-order valence-corrected chi connectivity index (χ1v) is 6.71. The second-order valence-corrected chi connectivity index (χ2v) is 4.80. The zero-order valence-corrected chi connectivity index (χ0v) is 11.6. The first-order valence-electron chi connectivity index (χ1n) is 6.71. The highest BCUT2D eigenvalue weighted by atomic mass is 16.2. The second kappa shape index (κ2) is 5.63. The molecule has 0 atom stereocenters. The van der Waals surface area contributed by atoms with E-state index in [-0.39, 0.29) is 5.91 Å². The lowest BCUT2D eigenvalue weighted by Gasteiger charge is -2.02. The van der Waals surface area contributed by atoms with Crippen LogP contribution in [-0.4, -0.2) is 17.1 Å². The zero-order valence-electron chi connectivity index (χ0n) is 11.6. The average molecular weight is 277 g/mol. The minimum absolute atomic E-state index is 0.204. The van der Waals surface area contributed by atoms with Crippen LogP contribution in [0.25, 0.3) is 10.9 Å². The maximum absolute atomic E-state index is 12.0. The monoisotopic (exact) mass is 277 g/mol. The van der Waals surface area contributed by atoms with E-state index in [2.05, 4.69) is 15.5 Å². The third-order valence-corrected chi connectivity index (χ3v) is 3.38. The van der Waals surface area contributed by atoms with E-state index in [9.17, 15) is 4.79 Å². The molecule has 21 heavy (non-hydrogen) atoms. The third kappa shape index (κ3) is 2.69. The number of para-hydroxylation sites is 1. The smallest absolute Gasteiger partial charge is 0.271 e. The van der Waals surface area contributed by atoms with Crippen LogP contribution in [-0.2, 0) is 0 Å². The molecule has 0 radical (unpaired) electrons. The SMILES string of the molecule is Cc1ccccc1C(=O)N/N=C\c1c[nH]c2ccccc12. The van der Waals surface area contributed by atoms with Crippen molar-refractivity contribution in [1.29, 1.82) is 0 Å². The molecule has 0 aliphatic carbocycles. The molecule has 4 heteroatoms. The van der Waals surface area contributed by atoms with E-state index in [4.69, 9.17) is 0 Å². The van der Waals surface area contributed by atoms with Crippen LogP contribution in [0.3, 0.4) is 0 Å². The Morgan fingerprint density at radius 2 is 1.90 bits per heavy atom. The van der Waals surface area contributed by atoms with Gasteiger partial charge in [0.15, 0.2) is 0 Å². The Labute approximate surface area is 122 Å². The van der Waals surface area contributed by atoms with Crippen molar-refractivity contribution in [3.63, 3.8) is 0 Å². The summed E-state index contributed by atoms with van der Waals surface area (Å²) in [6.07, 6.45) is 3.52. The van der Waals surface area contributed by atoms with Gasteiger partial charge in [0.25, 0.3) is 5.91 Å². The van der Waals surface area contributed by atoms with Gasteiger partial charge in [0.05, 0.1) is 6.21 Å². The van der Waals surface area contributed by atoms with Crippen molar-refractivity contribution in [3.05, 3.63) is 71.4 Å². The van der Waals surface area contributed by atoms with Gasteiger partial charge in [0.1, 0.15) is 0 Å². The van der Waals surface area contributed by atoms with Crippen molar-refractivity contribution in [3.8, 4) is 0 Å². The predicted molar refractivity (Wildman–Crippen MR) is 84.5 cm³/mol. The Kier molecular flexibility index (Phi) is 3.51.